The quantitative estimate of drug-likeness (QED) is 0.828. The Bertz CT molecular complexity index is 530. The molecule has 1 amide bonds. The van der Waals surface area contributed by atoms with Crippen LogP contribution >= 0.6 is 0 Å². The Morgan fingerprint density at radius 3 is 2.75 bits per heavy atom. The molecule has 0 bridgehead atoms. The van der Waals surface area contributed by atoms with Crippen molar-refractivity contribution in [3.8, 4) is 0 Å². The number of ether oxygens (including phenoxy) is 1. The van der Waals surface area contributed by atoms with Gasteiger partial charge in [-0.3, -0.25) is 4.79 Å². The molecule has 1 aliphatic rings. The van der Waals surface area contributed by atoms with E-state index in [0.29, 0.717) is 18.7 Å². The Balaban J connectivity index is 2.07. The first-order chi connectivity index (χ1) is 9.26. The zero-order valence-corrected chi connectivity index (χ0v) is 12.3. The Hall–Kier alpha value is -1.92. The van der Waals surface area contributed by atoms with Crippen molar-refractivity contribution in [2.75, 3.05) is 0 Å². The average molecular weight is 280 g/mol. The molecule has 110 valence electrons. The zero-order chi connectivity index (χ0) is 14.9. The van der Waals surface area contributed by atoms with Crippen LogP contribution in [0.4, 0.5) is 0 Å². The summed E-state index contributed by atoms with van der Waals surface area (Å²) in [5.41, 5.74) is 0.317. The van der Waals surface area contributed by atoms with Gasteiger partial charge in [0, 0.05) is 12.5 Å². The lowest BCUT2D eigenvalue weighted by Crippen LogP contribution is -2.30. The largest absolute Gasteiger partial charge is 0.455 e. The third kappa shape index (κ3) is 3.34. The van der Waals surface area contributed by atoms with Crippen LogP contribution in [-0.4, -0.2) is 38.5 Å². The molecule has 1 fully saturated rings. The fraction of sp³-hybridized carbons (Fsp3) is 0.692. The van der Waals surface area contributed by atoms with Crippen LogP contribution in [0.25, 0.3) is 0 Å². The van der Waals surface area contributed by atoms with E-state index >= 15 is 0 Å². The third-order valence-electron chi connectivity index (χ3n) is 3.05. The van der Waals surface area contributed by atoms with Gasteiger partial charge in [-0.15, -0.1) is 5.10 Å². The molecule has 1 aromatic heterocycles. The number of amides is 1. The lowest BCUT2D eigenvalue weighted by atomic mass is 10.2. The first kappa shape index (κ1) is 14.5. The van der Waals surface area contributed by atoms with Crippen LogP contribution in [0, 0.1) is 6.92 Å². The number of rotatable bonds is 3. The number of esters is 1. The number of aromatic nitrogens is 3. The summed E-state index contributed by atoms with van der Waals surface area (Å²) in [5.74, 6) is -0.420. The summed E-state index contributed by atoms with van der Waals surface area (Å²) < 4.78 is 6.91. The van der Waals surface area contributed by atoms with Crippen LogP contribution < -0.4 is 5.32 Å². The molecule has 1 atom stereocenters. The van der Waals surface area contributed by atoms with Gasteiger partial charge < -0.3 is 10.1 Å². The second-order valence-electron chi connectivity index (χ2n) is 6.01. The maximum Gasteiger partial charge on any atom is 0.361 e. The Morgan fingerprint density at radius 1 is 1.50 bits per heavy atom. The normalized spacial score (nSPS) is 19.0. The molecule has 2 rings (SSSR count). The average Bonchev–Trinajstić information content (AvgIpc) is 2.85. The molecule has 0 aromatic carbocycles. The van der Waals surface area contributed by atoms with E-state index in [2.05, 4.69) is 15.6 Å². The van der Waals surface area contributed by atoms with Crippen molar-refractivity contribution in [3.63, 3.8) is 0 Å². The van der Waals surface area contributed by atoms with E-state index in [-0.39, 0.29) is 17.6 Å². The molecular formula is C13H20N4O3. The van der Waals surface area contributed by atoms with Crippen molar-refractivity contribution in [1.29, 1.82) is 0 Å². The van der Waals surface area contributed by atoms with Gasteiger partial charge in [0.1, 0.15) is 5.60 Å². The van der Waals surface area contributed by atoms with Gasteiger partial charge in [0.25, 0.3) is 0 Å². The van der Waals surface area contributed by atoms with Crippen molar-refractivity contribution in [3.05, 3.63) is 11.4 Å². The summed E-state index contributed by atoms with van der Waals surface area (Å²) in [7, 11) is 0. The molecule has 0 spiro atoms. The van der Waals surface area contributed by atoms with Gasteiger partial charge in [0.2, 0.25) is 5.91 Å². The topological polar surface area (TPSA) is 86.1 Å². The minimum Gasteiger partial charge on any atom is -0.455 e. The second kappa shape index (κ2) is 5.22. The molecule has 1 aliphatic heterocycles. The summed E-state index contributed by atoms with van der Waals surface area (Å²) in [4.78, 5) is 23.1. The number of nitrogens with zero attached hydrogens (tertiary/aromatic N) is 3. The molecule has 2 heterocycles. The third-order valence-corrected chi connectivity index (χ3v) is 3.05. The molecular weight excluding hydrogens is 260 g/mol. The predicted molar refractivity (Wildman–Crippen MR) is 71.1 cm³/mol. The van der Waals surface area contributed by atoms with E-state index in [1.807, 2.05) is 0 Å². The van der Waals surface area contributed by atoms with Crippen LogP contribution in [0.1, 0.15) is 49.8 Å². The Labute approximate surface area is 117 Å². The summed E-state index contributed by atoms with van der Waals surface area (Å²) in [6, 6.07) is 0.0504. The molecule has 1 saturated heterocycles. The van der Waals surface area contributed by atoms with Crippen LogP contribution in [0.5, 0.6) is 0 Å². The SMILES string of the molecule is Cc1c(C(=O)OC(C)(C)C)nnn1CC1CCC(=O)N1. The standard InChI is InChI=1S/C13H20N4O3/c1-8-11(12(19)20-13(2,3)4)15-16-17(8)7-9-5-6-10(18)14-9/h9H,5-7H2,1-4H3,(H,14,18). The fourth-order valence-corrected chi connectivity index (χ4v) is 2.07. The Kier molecular flexibility index (Phi) is 3.78. The lowest BCUT2D eigenvalue weighted by Gasteiger charge is -2.18. The predicted octanol–water partition coefficient (Wildman–Crippen LogP) is 0.820. The van der Waals surface area contributed by atoms with Crippen molar-refractivity contribution < 1.29 is 14.3 Å². The highest BCUT2D eigenvalue weighted by Crippen LogP contribution is 2.15. The molecule has 1 unspecified atom stereocenters. The molecule has 7 heteroatoms. The minimum absolute atomic E-state index is 0.0504. The van der Waals surface area contributed by atoms with Gasteiger partial charge in [-0.05, 0) is 34.1 Å². The zero-order valence-electron chi connectivity index (χ0n) is 12.3. The van der Waals surface area contributed by atoms with Crippen molar-refractivity contribution in [1.82, 2.24) is 20.3 Å². The number of hydrogen-bond donors (Lipinski definition) is 1. The van der Waals surface area contributed by atoms with Gasteiger partial charge >= 0.3 is 5.97 Å². The molecule has 0 saturated carbocycles. The second-order valence-corrected chi connectivity index (χ2v) is 6.01. The van der Waals surface area contributed by atoms with E-state index in [9.17, 15) is 9.59 Å². The molecule has 1 aromatic rings. The molecule has 20 heavy (non-hydrogen) atoms. The van der Waals surface area contributed by atoms with Gasteiger partial charge in [0.15, 0.2) is 5.69 Å². The van der Waals surface area contributed by atoms with Crippen LogP contribution in [-0.2, 0) is 16.1 Å². The molecule has 7 nitrogen and oxygen atoms in total. The van der Waals surface area contributed by atoms with Crippen molar-refractivity contribution in [2.45, 2.75) is 58.7 Å². The van der Waals surface area contributed by atoms with E-state index in [4.69, 9.17) is 4.74 Å². The first-order valence-corrected chi connectivity index (χ1v) is 6.69. The van der Waals surface area contributed by atoms with Gasteiger partial charge in [-0.2, -0.15) is 0 Å². The highest BCUT2D eigenvalue weighted by atomic mass is 16.6. The van der Waals surface area contributed by atoms with E-state index in [0.717, 1.165) is 6.42 Å². The maximum atomic E-state index is 12.0. The highest BCUT2D eigenvalue weighted by Gasteiger charge is 2.26. The van der Waals surface area contributed by atoms with E-state index in [1.165, 1.54) is 0 Å². The van der Waals surface area contributed by atoms with E-state index in [1.54, 1.807) is 32.4 Å². The smallest absolute Gasteiger partial charge is 0.361 e. The summed E-state index contributed by atoms with van der Waals surface area (Å²) in [6.07, 6.45) is 1.32. The first-order valence-electron chi connectivity index (χ1n) is 6.69. The van der Waals surface area contributed by atoms with E-state index < -0.39 is 11.6 Å². The van der Waals surface area contributed by atoms with Gasteiger partial charge in [-0.1, -0.05) is 5.21 Å². The van der Waals surface area contributed by atoms with Crippen LogP contribution in [0.15, 0.2) is 0 Å². The summed E-state index contributed by atoms with van der Waals surface area (Å²) >= 11 is 0. The van der Waals surface area contributed by atoms with Gasteiger partial charge in [0.05, 0.1) is 12.2 Å². The molecule has 0 radical (unpaired) electrons. The summed E-state index contributed by atoms with van der Waals surface area (Å²) in [6.45, 7) is 7.71. The number of nitrogens with one attached hydrogen (secondary N) is 1. The monoisotopic (exact) mass is 280 g/mol. The van der Waals surface area contributed by atoms with Crippen molar-refractivity contribution >= 4 is 11.9 Å². The molecule has 1 N–H and O–H groups in total. The van der Waals surface area contributed by atoms with Crippen LogP contribution in [0.2, 0.25) is 0 Å². The lowest BCUT2D eigenvalue weighted by molar-refractivity contribution is -0.119. The minimum atomic E-state index is -0.563. The number of carbonyl (C=O) groups is 2. The number of carbonyl (C=O) groups excluding carboxylic acids is 2. The highest BCUT2D eigenvalue weighted by molar-refractivity contribution is 5.88. The maximum absolute atomic E-state index is 12.0. The summed E-state index contributed by atoms with van der Waals surface area (Å²) in [5, 5.41) is 10.7. The fourth-order valence-electron chi connectivity index (χ4n) is 2.07. The molecule has 0 aliphatic carbocycles. The van der Waals surface area contributed by atoms with Crippen molar-refractivity contribution in [2.24, 2.45) is 0 Å². The number of hydrogen-bond acceptors (Lipinski definition) is 5. The van der Waals surface area contributed by atoms with Gasteiger partial charge in [-0.25, -0.2) is 9.48 Å². The van der Waals surface area contributed by atoms with Crippen LogP contribution in [0.3, 0.4) is 0 Å². The Morgan fingerprint density at radius 2 is 2.20 bits per heavy atom.